The molecule has 1 saturated heterocycles. The molecule has 1 atom stereocenters. The van der Waals surface area contributed by atoms with Gasteiger partial charge < -0.3 is 4.74 Å². The molecule has 0 aromatic rings. The maximum Gasteiger partial charge on any atom is 0.303 e. The van der Waals surface area contributed by atoms with Crippen molar-refractivity contribution in [3.63, 3.8) is 0 Å². The van der Waals surface area contributed by atoms with Crippen LogP contribution in [0.4, 0.5) is 0 Å². The van der Waals surface area contributed by atoms with Crippen LogP contribution in [0.2, 0.25) is 0 Å². The van der Waals surface area contributed by atoms with Gasteiger partial charge in [0.1, 0.15) is 0 Å². The zero-order valence-corrected chi connectivity index (χ0v) is 11.0. The van der Waals surface area contributed by atoms with Crippen LogP contribution >= 0.6 is 11.8 Å². The summed E-state index contributed by atoms with van der Waals surface area (Å²) in [6.45, 7) is 1.52. The van der Waals surface area contributed by atoms with Crippen molar-refractivity contribution in [2.24, 2.45) is 10.8 Å². The van der Waals surface area contributed by atoms with E-state index >= 15 is 0 Å². The molecule has 3 rings (SSSR count). The van der Waals surface area contributed by atoms with Gasteiger partial charge in [0, 0.05) is 18.1 Å². The van der Waals surface area contributed by atoms with E-state index in [0.29, 0.717) is 5.41 Å². The van der Waals surface area contributed by atoms with Gasteiger partial charge in [-0.15, -0.1) is 11.8 Å². The molecule has 92 valence electrons. The van der Waals surface area contributed by atoms with E-state index in [2.05, 4.69) is 24.3 Å². The van der Waals surface area contributed by atoms with Crippen molar-refractivity contribution in [2.75, 3.05) is 5.75 Å². The lowest BCUT2D eigenvalue weighted by Crippen LogP contribution is -2.47. The predicted octanol–water partition coefficient (Wildman–Crippen LogP) is 3.30. The number of carbonyl (C=O) groups is 1. The molecule has 17 heavy (non-hydrogen) atoms. The third-order valence-corrected chi connectivity index (χ3v) is 6.18. The van der Waals surface area contributed by atoms with Crippen molar-refractivity contribution in [3.05, 3.63) is 24.3 Å². The second-order valence-electron chi connectivity index (χ2n) is 5.45. The molecule has 2 nitrogen and oxygen atoms in total. The summed E-state index contributed by atoms with van der Waals surface area (Å²) < 4.78 is 5.59. The van der Waals surface area contributed by atoms with Crippen molar-refractivity contribution >= 4 is 17.7 Å². The molecule has 1 aliphatic heterocycles. The summed E-state index contributed by atoms with van der Waals surface area (Å²) in [7, 11) is 0. The molecular formula is C14H18O2S. The summed E-state index contributed by atoms with van der Waals surface area (Å²) in [5, 5.41) is 0. The molecule has 2 aliphatic carbocycles. The fourth-order valence-electron chi connectivity index (χ4n) is 3.61. The molecule has 0 unspecified atom stereocenters. The number of carbonyl (C=O) groups excluding carboxylic acids is 1. The molecule has 1 fully saturated rings. The monoisotopic (exact) mass is 250 g/mol. The predicted molar refractivity (Wildman–Crippen MR) is 69.6 cm³/mol. The summed E-state index contributed by atoms with van der Waals surface area (Å²) in [4.78, 5) is 11.3. The summed E-state index contributed by atoms with van der Waals surface area (Å²) in [6.07, 6.45) is 13.6. The topological polar surface area (TPSA) is 26.3 Å². The maximum absolute atomic E-state index is 11.3. The van der Waals surface area contributed by atoms with Crippen LogP contribution in [0.5, 0.6) is 0 Å². The molecule has 0 N–H and O–H groups in total. The standard InChI is InChI=1S/C14H18O2S/c1-11(15)16-12-14-8-4-2-6-13(14,10-17-12)7-3-5-9-14/h2-5,12H,6-10H2,1H3/t12-,13?,14?/m1/s1. The van der Waals surface area contributed by atoms with Gasteiger partial charge in [-0.05, 0) is 31.1 Å². The smallest absolute Gasteiger partial charge is 0.303 e. The van der Waals surface area contributed by atoms with Crippen molar-refractivity contribution in [1.29, 1.82) is 0 Å². The molecule has 0 aromatic carbocycles. The summed E-state index contributed by atoms with van der Waals surface area (Å²) >= 11 is 1.84. The first-order chi connectivity index (χ1) is 8.19. The minimum absolute atomic E-state index is 0.0508. The largest absolute Gasteiger partial charge is 0.451 e. The van der Waals surface area contributed by atoms with E-state index < -0.39 is 0 Å². The quantitative estimate of drug-likeness (QED) is 0.527. The molecule has 1 heterocycles. The van der Waals surface area contributed by atoms with Crippen LogP contribution in [0.25, 0.3) is 0 Å². The van der Waals surface area contributed by atoms with Gasteiger partial charge in [-0.2, -0.15) is 0 Å². The molecule has 3 heteroatoms. The Kier molecular flexibility index (Phi) is 2.62. The average Bonchev–Trinajstić information content (AvgIpc) is 2.65. The van der Waals surface area contributed by atoms with E-state index in [1.165, 1.54) is 6.92 Å². The second-order valence-corrected chi connectivity index (χ2v) is 6.50. The first-order valence-electron chi connectivity index (χ1n) is 6.27. The summed E-state index contributed by atoms with van der Waals surface area (Å²) in [5.41, 5.74) is 0.545. The molecule has 0 bridgehead atoms. The number of ether oxygens (including phenoxy) is 1. The first kappa shape index (κ1) is 11.4. The van der Waals surface area contributed by atoms with Crippen molar-refractivity contribution in [1.82, 2.24) is 0 Å². The van der Waals surface area contributed by atoms with Crippen molar-refractivity contribution in [2.45, 2.75) is 38.0 Å². The van der Waals surface area contributed by atoms with Gasteiger partial charge in [0.15, 0.2) is 5.44 Å². The van der Waals surface area contributed by atoms with E-state index in [-0.39, 0.29) is 16.8 Å². The Balaban J connectivity index is 1.98. The van der Waals surface area contributed by atoms with Gasteiger partial charge in [-0.1, -0.05) is 24.3 Å². The normalized spacial score (nSPS) is 43.0. The molecule has 0 spiro atoms. The number of thioether (sulfide) groups is 1. The summed E-state index contributed by atoms with van der Waals surface area (Å²) in [5.74, 6) is 0.983. The van der Waals surface area contributed by atoms with Crippen LogP contribution in [0, 0.1) is 10.8 Å². The number of hydrogen-bond donors (Lipinski definition) is 0. The second kappa shape index (κ2) is 3.91. The fraction of sp³-hybridized carbons (Fsp3) is 0.643. The van der Waals surface area contributed by atoms with Crippen molar-refractivity contribution < 1.29 is 9.53 Å². The zero-order valence-electron chi connectivity index (χ0n) is 10.1. The third kappa shape index (κ3) is 1.51. The molecular weight excluding hydrogens is 232 g/mol. The van der Waals surface area contributed by atoms with E-state index in [0.717, 1.165) is 31.4 Å². The van der Waals surface area contributed by atoms with Gasteiger partial charge in [-0.25, -0.2) is 0 Å². The van der Waals surface area contributed by atoms with Crippen LogP contribution in [0.1, 0.15) is 32.6 Å². The van der Waals surface area contributed by atoms with Crippen molar-refractivity contribution in [3.8, 4) is 0 Å². The van der Waals surface area contributed by atoms with Gasteiger partial charge in [-0.3, -0.25) is 4.79 Å². The lowest BCUT2D eigenvalue weighted by molar-refractivity contribution is -0.150. The summed E-state index contributed by atoms with van der Waals surface area (Å²) in [6, 6.07) is 0. The maximum atomic E-state index is 11.3. The minimum atomic E-state index is -0.142. The first-order valence-corrected chi connectivity index (χ1v) is 7.32. The highest BCUT2D eigenvalue weighted by atomic mass is 32.2. The molecule has 0 saturated carbocycles. The average molecular weight is 250 g/mol. The molecule has 0 radical (unpaired) electrons. The highest BCUT2D eigenvalue weighted by Crippen LogP contribution is 2.66. The van der Waals surface area contributed by atoms with E-state index in [1.54, 1.807) is 0 Å². The van der Waals surface area contributed by atoms with E-state index in [9.17, 15) is 4.79 Å². The van der Waals surface area contributed by atoms with E-state index in [1.807, 2.05) is 11.8 Å². The SMILES string of the molecule is CC(=O)O[C@@H]1SCC23CC=CCC12CC=CC3. The fourth-order valence-corrected chi connectivity index (χ4v) is 5.57. The molecule has 0 aromatic heterocycles. The van der Waals surface area contributed by atoms with E-state index in [4.69, 9.17) is 4.74 Å². The van der Waals surface area contributed by atoms with Gasteiger partial charge in [0.25, 0.3) is 0 Å². The van der Waals surface area contributed by atoms with Gasteiger partial charge in [0.2, 0.25) is 0 Å². The third-order valence-electron chi connectivity index (χ3n) is 4.61. The lowest BCUT2D eigenvalue weighted by Gasteiger charge is -2.50. The Bertz CT molecular complexity index is 379. The number of rotatable bonds is 1. The van der Waals surface area contributed by atoms with Gasteiger partial charge >= 0.3 is 5.97 Å². The Morgan fingerprint density at radius 1 is 1.18 bits per heavy atom. The highest BCUT2D eigenvalue weighted by Gasteiger charge is 2.61. The Hall–Kier alpha value is -0.700. The number of esters is 1. The number of hydrogen-bond acceptors (Lipinski definition) is 3. The van der Waals surface area contributed by atoms with Crippen LogP contribution in [-0.4, -0.2) is 17.2 Å². The zero-order chi connectivity index (χ0) is 11.9. The Labute approximate surface area is 106 Å². The van der Waals surface area contributed by atoms with Crippen LogP contribution in [-0.2, 0) is 9.53 Å². The molecule has 0 amide bonds. The van der Waals surface area contributed by atoms with Crippen LogP contribution in [0.15, 0.2) is 24.3 Å². The number of allylic oxidation sites excluding steroid dienone is 4. The highest BCUT2D eigenvalue weighted by molar-refractivity contribution is 8.00. The Morgan fingerprint density at radius 2 is 1.76 bits per heavy atom. The minimum Gasteiger partial charge on any atom is -0.451 e. The Morgan fingerprint density at radius 3 is 2.35 bits per heavy atom. The molecule has 3 aliphatic rings. The van der Waals surface area contributed by atoms with Gasteiger partial charge in [0.05, 0.1) is 0 Å². The lowest BCUT2D eigenvalue weighted by atomic mass is 9.54. The van der Waals surface area contributed by atoms with Crippen LogP contribution in [0.3, 0.4) is 0 Å². The van der Waals surface area contributed by atoms with Crippen LogP contribution < -0.4 is 0 Å².